The monoisotopic (exact) mass is 452 g/mol. The molecule has 0 aromatic carbocycles. The lowest BCUT2D eigenvalue weighted by atomic mass is 9.89. The Morgan fingerprint density at radius 3 is 2.54 bits per heavy atom. The van der Waals surface area contributed by atoms with Crippen molar-refractivity contribution in [2.24, 2.45) is 16.8 Å². The number of carbonyl (C=O) groups is 1. The van der Waals surface area contributed by atoms with Crippen molar-refractivity contribution in [3.05, 3.63) is 0 Å². The number of guanidine groups is 1. The SMILES string of the molecule is CN=C(NCCNC(=O)C1CCCCC1)N1CCC(COC)C1.I. The van der Waals surface area contributed by atoms with Gasteiger partial charge < -0.3 is 20.3 Å². The molecule has 0 bridgehead atoms. The fourth-order valence-electron chi connectivity index (χ4n) is 3.60. The van der Waals surface area contributed by atoms with E-state index < -0.39 is 0 Å². The van der Waals surface area contributed by atoms with Crippen molar-refractivity contribution in [2.45, 2.75) is 38.5 Å². The summed E-state index contributed by atoms with van der Waals surface area (Å²) < 4.78 is 5.24. The molecule has 1 saturated heterocycles. The molecule has 2 aliphatic rings. The van der Waals surface area contributed by atoms with Crippen molar-refractivity contribution in [1.29, 1.82) is 0 Å². The quantitative estimate of drug-likeness (QED) is 0.280. The molecule has 7 heteroatoms. The molecular formula is C17H33IN4O2. The number of likely N-dealkylation sites (tertiary alicyclic amines) is 1. The number of nitrogens with zero attached hydrogens (tertiary/aromatic N) is 2. The molecule has 0 aromatic heterocycles. The number of methoxy groups -OCH3 is 1. The van der Waals surface area contributed by atoms with Crippen LogP contribution in [0.25, 0.3) is 0 Å². The molecule has 2 rings (SSSR count). The Morgan fingerprint density at radius 2 is 1.88 bits per heavy atom. The standard InChI is InChI=1S/C17H32N4O2.HI/c1-18-17(21-11-8-14(12-21)13-23-2)20-10-9-19-16(22)15-6-4-3-5-7-15;/h14-15H,3-13H2,1-2H3,(H,18,20)(H,19,22);1H. The second-order valence-corrected chi connectivity index (χ2v) is 6.66. The van der Waals surface area contributed by atoms with E-state index in [1.165, 1.54) is 19.3 Å². The van der Waals surface area contributed by atoms with Crippen molar-refractivity contribution < 1.29 is 9.53 Å². The van der Waals surface area contributed by atoms with E-state index in [4.69, 9.17) is 4.74 Å². The van der Waals surface area contributed by atoms with Crippen LogP contribution in [0.1, 0.15) is 38.5 Å². The lowest BCUT2D eigenvalue weighted by Gasteiger charge is -2.23. The zero-order valence-electron chi connectivity index (χ0n) is 15.1. The maximum Gasteiger partial charge on any atom is 0.223 e. The molecule has 6 nitrogen and oxygen atoms in total. The van der Waals surface area contributed by atoms with E-state index in [9.17, 15) is 4.79 Å². The maximum atomic E-state index is 12.1. The summed E-state index contributed by atoms with van der Waals surface area (Å²) >= 11 is 0. The van der Waals surface area contributed by atoms with Gasteiger partial charge in [0.25, 0.3) is 0 Å². The van der Waals surface area contributed by atoms with E-state index in [2.05, 4.69) is 20.5 Å². The zero-order valence-corrected chi connectivity index (χ0v) is 17.4. The number of carbonyl (C=O) groups excluding carboxylic acids is 1. The highest BCUT2D eigenvalue weighted by Crippen LogP contribution is 2.23. The van der Waals surface area contributed by atoms with E-state index in [0.717, 1.165) is 51.5 Å². The molecule has 1 aliphatic carbocycles. The molecule has 0 spiro atoms. The van der Waals surface area contributed by atoms with Crippen LogP contribution in [0.3, 0.4) is 0 Å². The predicted molar refractivity (Wildman–Crippen MR) is 108 cm³/mol. The van der Waals surface area contributed by atoms with Crippen LogP contribution in [0, 0.1) is 11.8 Å². The minimum absolute atomic E-state index is 0. The average Bonchev–Trinajstić information content (AvgIpc) is 3.04. The Balaban J connectivity index is 0.00000288. The summed E-state index contributed by atoms with van der Waals surface area (Å²) in [5.74, 6) is 1.97. The van der Waals surface area contributed by atoms with Crippen molar-refractivity contribution in [3.8, 4) is 0 Å². The van der Waals surface area contributed by atoms with Gasteiger partial charge in [-0.25, -0.2) is 0 Å². The van der Waals surface area contributed by atoms with Gasteiger partial charge in [-0.3, -0.25) is 9.79 Å². The minimum atomic E-state index is 0. The summed E-state index contributed by atoms with van der Waals surface area (Å²) in [7, 11) is 3.57. The van der Waals surface area contributed by atoms with E-state index in [1.807, 2.05) is 7.05 Å². The molecule has 1 unspecified atom stereocenters. The number of rotatable bonds is 6. The summed E-state index contributed by atoms with van der Waals surface area (Å²) in [4.78, 5) is 18.7. The minimum Gasteiger partial charge on any atom is -0.384 e. The zero-order chi connectivity index (χ0) is 16.5. The van der Waals surface area contributed by atoms with Crippen molar-refractivity contribution >= 4 is 35.8 Å². The fourth-order valence-corrected chi connectivity index (χ4v) is 3.60. The first-order valence-electron chi connectivity index (χ1n) is 8.96. The van der Waals surface area contributed by atoms with Crippen LogP contribution in [-0.4, -0.2) is 63.7 Å². The molecule has 24 heavy (non-hydrogen) atoms. The summed E-state index contributed by atoms with van der Waals surface area (Å²) in [6.07, 6.45) is 6.92. The maximum absolute atomic E-state index is 12.1. The fraction of sp³-hybridized carbons (Fsp3) is 0.882. The first-order chi connectivity index (χ1) is 11.2. The van der Waals surface area contributed by atoms with Gasteiger partial charge in [-0.15, -0.1) is 24.0 Å². The molecular weight excluding hydrogens is 419 g/mol. The molecule has 1 aliphatic heterocycles. The van der Waals surface area contributed by atoms with Gasteiger partial charge in [0.05, 0.1) is 6.61 Å². The van der Waals surface area contributed by atoms with Gasteiger partial charge in [-0.05, 0) is 19.3 Å². The van der Waals surface area contributed by atoms with Gasteiger partial charge in [-0.2, -0.15) is 0 Å². The Hall–Kier alpha value is -0.570. The third kappa shape index (κ3) is 6.74. The molecule has 0 radical (unpaired) electrons. The number of aliphatic imine (C=N–C) groups is 1. The first-order valence-corrected chi connectivity index (χ1v) is 8.96. The van der Waals surface area contributed by atoms with Crippen LogP contribution >= 0.6 is 24.0 Å². The Labute approximate surface area is 163 Å². The number of ether oxygens (including phenoxy) is 1. The predicted octanol–water partition coefficient (Wildman–Crippen LogP) is 1.84. The Bertz CT molecular complexity index is 400. The number of nitrogens with one attached hydrogen (secondary N) is 2. The summed E-state index contributed by atoms with van der Waals surface area (Å²) in [6.45, 7) is 4.19. The van der Waals surface area contributed by atoms with E-state index in [0.29, 0.717) is 12.5 Å². The van der Waals surface area contributed by atoms with Crippen molar-refractivity contribution in [2.75, 3.05) is 46.9 Å². The third-order valence-electron chi connectivity index (χ3n) is 4.88. The topological polar surface area (TPSA) is 66.0 Å². The smallest absolute Gasteiger partial charge is 0.223 e. The summed E-state index contributed by atoms with van der Waals surface area (Å²) in [5, 5.41) is 6.41. The van der Waals surface area contributed by atoms with E-state index >= 15 is 0 Å². The van der Waals surface area contributed by atoms with Gasteiger partial charge in [-0.1, -0.05) is 19.3 Å². The average molecular weight is 452 g/mol. The number of hydrogen-bond donors (Lipinski definition) is 2. The Kier molecular flexibility index (Phi) is 10.6. The van der Waals surface area contributed by atoms with Crippen molar-refractivity contribution in [1.82, 2.24) is 15.5 Å². The molecule has 1 atom stereocenters. The van der Waals surface area contributed by atoms with Crippen LogP contribution in [0.2, 0.25) is 0 Å². The number of amides is 1. The van der Waals surface area contributed by atoms with Crippen LogP contribution in [0.15, 0.2) is 4.99 Å². The molecule has 1 amide bonds. The molecule has 140 valence electrons. The van der Waals surface area contributed by atoms with Gasteiger partial charge in [0.15, 0.2) is 5.96 Å². The van der Waals surface area contributed by atoms with Gasteiger partial charge >= 0.3 is 0 Å². The van der Waals surface area contributed by atoms with E-state index in [1.54, 1.807) is 7.11 Å². The van der Waals surface area contributed by atoms with Crippen molar-refractivity contribution in [3.63, 3.8) is 0 Å². The first kappa shape index (κ1) is 21.5. The van der Waals surface area contributed by atoms with Gasteiger partial charge in [0.1, 0.15) is 0 Å². The highest BCUT2D eigenvalue weighted by molar-refractivity contribution is 14.0. The largest absolute Gasteiger partial charge is 0.384 e. The van der Waals surface area contributed by atoms with Gasteiger partial charge in [0.2, 0.25) is 5.91 Å². The lowest BCUT2D eigenvalue weighted by molar-refractivity contribution is -0.125. The summed E-state index contributed by atoms with van der Waals surface area (Å²) in [6, 6.07) is 0. The third-order valence-corrected chi connectivity index (χ3v) is 4.88. The Morgan fingerprint density at radius 1 is 1.17 bits per heavy atom. The molecule has 0 aromatic rings. The van der Waals surface area contributed by atoms with Crippen LogP contribution in [0.4, 0.5) is 0 Å². The van der Waals surface area contributed by atoms with E-state index in [-0.39, 0.29) is 35.8 Å². The number of halogens is 1. The second-order valence-electron chi connectivity index (χ2n) is 6.66. The second kappa shape index (κ2) is 11.9. The highest BCUT2D eigenvalue weighted by atomic mass is 127. The van der Waals surface area contributed by atoms with Gasteiger partial charge in [0, 0.05) is 52.2 Å². The lowest BCUT2D eigenvalue weighted by Crippen LogP contribution is -2.44. The normalized spacial score (nSPS) is 22.2. The molecule has 1 heterocycles. The molecule has 2 N–H and O–H groups in total. The summed E-state index contributed by atoms with van der Waals surface area (Å²) in [5.41, 5.74) is 0. The number of hydrogen-bond acceptors (Lipinski definition) is 3. The van der Waals surface area contributed by atoms with Crippen LogP contribution in [-0.2, 0) is 9.53 Å². The van der Waals surface area contributed by atoms with Crippen LogP contribution < -0.4 is 10.6 Å². The van der Waals surface area contributed by atoms with Crippen LogP contribution in [0.5, 0.6) is 0 Å². The molecule has 2 fully saturated rings. The highest BCUT2D eigenvalue weighted by Gasteiger charge is 2.24. The molecule has 1 saturated carbocycles.